The molecule has 108 valence electrons. The van der Waals surface area contributed by atoms with Crippen molar-refractivity contribution in [3.8, 4) is 0 Å². The van der Waals surface area contributed by atoms with Crippen molar-refractivity contribution in [1.29, 1.82) is 0 Å². The minimum atomic E-state index is -0.109. The van der Waals surface area contributed by atoms with E-state index in [0.29, 0.717) is 5.92 Å². The van der Waals surface area contributed by atoms with Crippen LogP contribution in [0.4, 0.5) is 0 Å². The van der Waals surface area contributed by atoms with Gasteiger partial charge in [0.05, 0.1) is 12.7 Å². The van der Waals surface area contributed by atoms with Gasteiger partial charge in [0.25, 0.3) is 0 Å². The van der Waals surface area contributed by atoms with Crippen molar-refractivity contribution < 1.29 is 9.84 Å². The van der Waals surface area contributed by atoms with Crippen LogP contribution in [-0.2, 0) is 4.74 Å². The van der Waals surface area contributed by atoms with Crippen LogP contribution < -0.4 is 0 Å². The Morgan fingerprint density at radius 2 is 2.21 bits per heavy atom. The molecule has 0 bridgehead atoms. The van der Waals surface area contributed by atoms with E-state index >= 15 is 0 Å². The molecule has 1 N–H and O–H groups in total. The van der Waals surface area contributed by atoms with Gasteiger partial charge >= 0.3 is 0 Å². The van der Waals surface area contributed by atoms with Gasteiger partial charge < -0.3 is 9.84 Å². The topological polar surface area (TPSA) is 29.5 Å². The molecular weight excluding hydrogens is 236 g/mol. The SMILES string of the molecule is C[C@H]1CCCOC[C@H]2[C@H]1CC=C1C[C@@H](O)CC[C@@]12C. The molecule has 1 saturated carbocycles. The molecule has 0 aromatic carbocycles. The highest BCUT2D eigenvalue weighted by Gasteiger charge is 2.48. The standard InChI is InChI=1S/C17H28O2/c1-12-4-3-9-19-11-16-15(12)6-5-13-10-14(18)7-8-17(13,16)2/h5,12,14-16,18H,3-4,6-11H2,1-2H3/t12-,14-,15-,16-,17-/m0/s1. The minimum absolute atomic E-state index is 0.109. The van der Waals surface area contributed by atoms with E-state index in [4.69, 9.17) is 4.74 Å². The summed E-state index contributed by atoms with van der Waals surface area (Å²) in [7, 11) is 0. The van der Waals surface area contributed by atoms with Gasteiger partial charge in [-0.15, -0.1) is 0 Å². The van der Waals surface area contributed by atoms with Crippen molar-refractivity contribution in [3.63, 3.8) is 0 Å². The Morgan fingerprint density at radius 1 is 1.37 bits per heavy atom. The van der Waals surface area contributed by atoms with Crippen molar-refractivity contribution in [1.82, 2.24) is 0 Å². The van der Waals surface area contributed by atoms with Gasteiger partial charge in [-0.1, -0.05) is 25.5 Å². The largest absolute Gasteiger partial charge is 0.393 e. The molecule has 3 aliphatic rings. The maximum absolute atomic E-state index is 9.94. The molecule has 0 aromatic rings. The fourth-order valence-corrected chi connectivity index (χ4v) is 4.74. The van der Waals surface area contributed by atoms with Gasteiger partial charge in [0.15, 0.2) is 0 Å². The summed E-state index contributed by atoms with van der Waals surface area (Å²) in [6, 6.07) is 0. The molecule has 2 heteroatoms. The summed E-state index contributed by atoms with van der Waals surface area (Å²) in [6.07, 6.45) is 9.08. The second kappa shape index (κ2) is 5.21. The van der Waals surface area contributed by atoms with Crippen molar-refractivity contribution >= 4 is 0 Å². The van der Waals surface area contributed by atoms with Crippen LogP contribution in [0.2, 0.25) is 0 Å². The molecule has 2 fully saturated rings. The van der Waals surface area contributed by atoms with Gasteiger partial charge in [-0.05, 0) is 61.7 Å². The second-order valence-corrected chi connectivity index (χ2v) is 7.24. The van der Waals surface area contributed by atoms with Crippen LogP contribution in [0.25, 0.3) is 0 Å². The number of ether oxygens (including phenoxy) is 1. The van der Waals surface area contributed by atoms with E-state index in [2.05, 4.69) is 19.9 Å². The zero-order chi connectivity index (χ0) is 13.5. The average molecular weight is 264 g/mol. The summed E-state index contributed by atoms with van der Waals surface area (Å²) < 4.78 is 5.94. The highest BCUT2D eigenvalue weighted by atomic mass is 16.5. The Labute approximate surface area is 117 Å². The molecule has 2 nitrogen and oxygen atoms in total. The first-order chi connectivity index (χ1) is 9.11. The van der Waals surface area contributed by atoms with Crippen LogP contribution in [0.15, 0.2) is 11.6 Å². The van der Waals surface area contributed by atoms with Crippen molar-refractivity contribution in [2.45, 2.75) is 58.5 Å². The van der Waals surface area contributed by atoms with Gasteiger partial charge in [0.2, 0.25) is 0 Å². The number of aliphatic hydroxyl groups excluding tert-OH is 1. The van der Waals surface area contributed by atoms with Gasteiger partial charge in [-0.25, -0.2) is 0 Å². The molecule has 0 unspecified atom stereocenters. The van der Waals surface area contributed by atoms with Crippen LogP contribution in [0, 0.1) is 23.2 Å². The number of aliphatic hydroxyl groups is 1. The van der Waals surface area contributed by atoms with E-state index in [1.165, 1.54) is 24.8 Å². The fourth-order valence-electron chi connectivity index (χ4n) is 4.74. The highest BCUT2D eigenvalue weighted by Crippen LogP contribution is 2.54. The minimum Gasteiger partial charge on any atom is -0.393 e. The molecule has 1 aliphatic heterocycles. The molecule has 0 amide bonds. The molecule has 1 heterocycles. The Hall–Kier alpha value is -0.340. The molecule has 5 atom stereocenters. The quantitative estimate of drug-likeness (QED) is 0.678. The third-order valence-electron chi connectivity index (χ3n) is 6.13. The second-order valence-electron chi connectivity index (χ2n) is 7.24. The van der Waals surface area contributed by atoms with E-state index in [-0.39, 0.29) is 11.5 Å². The van der Waals surface area contributed by atoms with E-state index in [1.807, 2.05) is 0 Å². The molecule has 3 rings (SSSR count). The molecule has 1 saturated heterocycles. The molecule has 19 heavy (non-hydrogen) atoms. The molecule has 0 radical (unpaired) electrons. The lowest BCUT2D eigenvalue weighted by Gasteiger charge is -2.52. The number of allylic oxidation sites excluding steroid dienone is 1. The Bertz CT molecular complexity index is 362. The van der Waals surface area contributed by atoms with Gasteiger partial charge in [-0.3, -0.25) is 0 Å². The smallest absolute Gasteiger partial charge is 0.0577 e. The Balaban J connectivity index is 1.89. The van der Waals surface area contributed by atoms with Crippen LogP contribution in [0.5, 0.6) is 0 Å². The van der Waals surface area contributed by atoms with E-state index in [9.17, 15) is 5.11 Å². The zero-order valence-corrected chi connectivity index (χ0v) is 12.4. The summed E-state index contributed by atoms with van der Waals surface area (Å²) in [6.45, 7) is 6.73. The first kappa shape index (κ1) is 13.6. The summed E-state index contributed by atoms with van der Waals surface area (Å²) in [5, 5.41) is 9.94. The van der Waals surface area contributed by atoms with Crippen LogP contribution in [0.1, 0.15) is 52.4 Å². The summed E-state index contributed by atoms with van der Waals surface area (Å²) in [4.78, 5) is 0. The van der Waals surface area contributed by atoms with Crippen molar-refractivity contribution in [2.75, 3.05) is 13.2 Å². The summed E-state index contributed by atoms with van der Waals surface area (Å²) in [5.41, 5.74) is 1.80. The maximum Gasteiger partial charge on any atom is 0.0577 e. The molecule has 2 aliphatic carbocycles. The van der Waals surface area contributed by atoms with Gasteiger partial charge in [-0.2, -0.15) is 0 Å². The number of rotatable bonds is 0. The van der Waals surface area contributed by atoms with E-state index in [1.54, 1.807) is 0 Å². The van der Waals surface area contributed by atoms with Gasteiger partial charge in [0.1, 0.15) is 0 Å². The molecular formula is C17H28O2. The first-order valence-electron chi connectivity index (χ1n) is 8.06. The number of hydrogen-bond acceptors (Lipinski definition) is 2. The number of hydrogen-bond donors (Lipinski definition) is 1. The van der Waals surface area contributed by atoms with Crippen LogP contribution >= 0.6 is 0 Å². The summed E-state index contributed by atoms with van der Waals surface area (Å²) in [5.74, 6) is 2.26. The molecule has 0 aromatic heterocycles. The van der Waals surface area contributed by atoms with Crippen LogP contribution in [0.3, 0.4) is 0 Å². The zero-order valence-electron chi connectivity index (χ0n) is 12.4. The average Bonchev–Trinajstić information content (AvgIpc) is 2.37. The lowest BCUT2D eigenvalue weighted by atomic mass is 9.54. The predicted molar refractivity (Wildman–Crippen MR) is 76.9 cm³/mol. The summed E-state index contributed by atoms with van der Waals surface area (Å²) >= 11 is 0. The highest BCUT2D eigenvalue weighted by molar-refractivity contribution is 5.23. The Morgan fingerprint density at radius 3 is 3.05 bits per heavy atom. The first-order valence-corrected chi connectivity index (χ1v) is 8.06. The monoisotopic (exact) mass is 264 g/mol. The number of fused-ring (bicyclic) bond motifs is 3. The fraction of sp³-hybridized carbons (Fsp3) is 0.882. The third-order valence-corrected chi connectivity index (χ3v) is 6.13. The van der Waals surface area contributed by atoms with Crippen LogP contribution in [-0.4, -0.2) is 24.4 Å². The van der Waals surface area contributed by atoms with Gasteiger partial charge in [0, 0.05) is 6.61 Å². The lowest BCUT2D eigenvalue weighted by Crippen LogP contribution is -2.46. The normalized spacial score (nSPS) is 47.4. The maximum atomic E-state index is 9.94. The van der Waals surface area contributed by atoms with E-state index in [0.717, 1.165) is 44.3 Å². The third kappa shape index (κ3) is 2.38. The van der Waals surface area contributed by atoms with Crippen molar-refractivity contribution in [3.05, 3.63) is 11.6 Å². The lowest BCUT2D eigenvalue weighted by molar-refractivity contribution is -0.0367. The molecule has 0 spiro atoms. The van der Waals surface area contributed by atoms with E-state index < -0.39 is 0 Å². The predicted octanol–water partition coefficient (Wildman–Crippen LogP) is 3.55. The Kier molecular flexibility index (Phi) is 3.74. The van der Waals surface area contributed by atoms with Crippen molar-refractivity contribution in [2.24, 2.45) is 23.2 Å².